The van der Waals surface area contributed by atoms with Crippen molar-refractivity contribution in [2.75, 3.05) is 0 Å². The minimum atomic E-state index is 1.15. The first-order valence-corrected chi connectivity index (χ1v) is 14.1. The van der Waals surface area contributed by atoms with Gasteiger partial charge in [-0.05, 0) is 98.1 Å². The molecule has 0 aliphatic heterocycles. The molecule has 0 N–H and O–H groups in total. The topological polar surface area (TPSA) is 0 Å². The highest BCUT2D eigenvalue weighted by Gasteiger charge is 2.21. The molecule has 39 heavy (non-hydrogen) atoms. The van der Waals surface area contributed by atoms with E-state index >= 15 is 0 Å². The van der Waals surface area contributed by atoms with Gasteiger partial charge in [-0.1, -0.05) is 133 Å². The average Bonchev–Trinajstić information content (AvgIpc) is 3.00. The van der Waals surface area contributed by atoms with Crippen molar-refractivity contribution in [3.8, 4) is 22.3 Å². The molecule has 182 valence electrons. The second-order valence-electron chi connectivity index (χ2n) is 10.2. The van der Waals surface area contributed by atoms with Gasteiger partial charge in [0.05, 0.1) is 0 Å². The molecule has 0 heterocycles. The van der Waals surface area contributed by atoms with Crippen LogP contribution >= 0.6 is 15.9 Å². The molecule has 0 aliphatic carbocycles. The molecule has 0 amide bonds. The Hall–Kier alpha value is -4.46. The Balaban J connectivity index is 1.59. The highest BCUT2D eigenvalue weighted by Crippen LogP contribution is 2.49. The third kappa shape index (κ3) is 3.37. The molecule has 0 atom stereocenters. The fourth-order valence-electron chi connectivity index (χ4n) is 6.40. The van der Waals surface area contributed by atoms with Crippen molar-refractivity contribution in [3.05, 3.63) is 144 Å². The van der Waals surface area contributed by atoms with Crippen LogP contribution in [0.3, 0.4) is 0 Å². The van der Waals surface area contributed by atoms with Gasteiger partial charge in [-0.2, -0.15) is 0 Å². The van der Waals surface area contributed by atoms with E-state index in [0.29, 0.717) is 0 Å². The molecule has 1 heteroatoms. The van der Waals surface area contributed by atoms with Crippen LogP contribution in [-0.4, -0.2) is 0 Å². The van der Waals surface area contributed by atoms with Crippen molar-refractivity contribution in [2.24, 2.45) is 0 Å². The summed E-state index contributed by atoms with van der Waals surface area (Å²) in [6, 6.07) is 50.9. The lowest BCUT2D eigenvalue weighted by Gasteiger charge is -2.21. The highest BCUT2D eigenvalue weighted by molar-refractivity contribution is 9.10. The van der Waals surface area contributed by atoms with Crippen LogP contribution in [0.25, 0.3) is 76.1 Å². The molecule has 8 rings (SSSR count). The van der Waals surface area contributed by atoms with Crippen LogP contribution in [0, 0.1) is 0 Å². The Bertz CT molecular complexity index is 2130. The normalized spacial score (nSPS) is 11.7. The van der Waals surface area contributed by atoms with E-state index in [-0.39, 0.29) is 0 Å². The van der Waals surface area contributed by atoms with E-state index in [1.165, 1.54) is 76.1 Å². The molecule has 0 fully saturated rings. The zero-order chi connectivity index (χ0) is 25.9. The van der Waals surface area contributed by atoms with Crippen LogP contribution in [0.15, 0.2) is 144 Å². The van der Waals surface area contributed by atoms with Crippen molar-refractivity contribution in [2.45, 2.75) is 0 Å². The molecular formula is C38H23Br. The average molecular weight is 560 g/mol. The number of fused-ring (bicyclic) bond motifs is 5. The number of halogens is 1. The standard InChI is InChI=1S/C38H23Br/c39-38-33-19-9-7-17-31(33)37(32-18-8-10-20-34(32)38)36-29-15-5-3-13-27(29)35(28-14-4-6-16-30(28)36)26-22-21-24-11-1-2-12-25(24)23-26/h1-23H. The fourth-order valence-corrected chi connectivity index (χ4v) is 7.09. The van der Waals surface area contributed by atoms with Gasteiger partial charge in [-0.15, -0.1) is 0 Å². The lowest BCUT2D eigenvalue weighted by Crippen LogP contribution is -1.93. The third-order valence-corrected chi connectivity index (χ3v) is 8.94. The SMILES string of the molecule is Brc1c2ccccc2c(-c2c3ccccc3c(-c3ccc4ccccc4c3)c3ccccc23)c2ccccc12. The van der Waals surface area contributed by atoms with E-state index in [9.17, 15) is 0 Å². The molecule has 0 bridgehead atoms. The quantitative estimate of drug-likeness (QED) is 0.185. The lowest BCUT2D eigenvalue weighted by molar-refractivity contribution is 1.69. The van der Waals surface area contributed by atoms with Gasteiger partial charge in [0.15, 0.2) is 0 Å². The maximum absolute atomic E-state index is 3.95. The Morgan fingerprint density at radius 2 is 0.667 bits per heavy atom. The molecule has 0 aliphatic rings. The number of hydrogen-bond donors (Lipinski definition) is 0. The third-order valence-electron chi connectivity index (χ3n) is 8.09. The largest absolute Gasteiger partial charge is 0.0616 e. The molecule has 0 unspecified atom stereocenters. The van der Waals surface area contributed by atoms with Crippen LogP contribution < -0.4 is 0 Å². The van der Waals surface area contributed by atoms with E-state index in [2.05, 4.69) is 155 Å². The summed E-state index contributed by atoms with van der Waals surface area (Å²) in [5, 5.41) is 12.6. The zero-order valence-corrected chi connectivity index (χ0v) is 22.7. The lowest BCUT2D eigenvalue weighted by atomic mass is 9.83. The molecular weight excluding hydrogens is 536 g/mol. The van der Waals surface area contributed by atoms with Gasteiger partial charge in [-0.3, -0.25) is 0 Å². The predicted molar refractivity (Wildman–Crippen MR) is 173 cm³/mol. The number of hydrogen-bond acceptors (Lipinski definition) is 0. The summed E-state index contributed by atoms with van der Waals surface area (Å²) in [4.78, 5) is 0. The Kier molecular flexibility index (Phi) is 5.08. The first kappa shape index (κ1) is 22.5. The van der Waals surface area contributed by atoms with Gasteiger partial charge in [0, 0.05) is 4.47 Å². The van der Waals surface area contributed by atoms with Gasteiger partial charge in [0.2, 0.25) is 0 Å². The first-order chi connectivity index (χ1) is 19.3. The maximum atomic E-state index is 3.95. The van der Waals surface area contributed by atoms with Crippen molar-refractivity contribution < 1.29 is 0 Å². The van der Waals surface area contributed by atoms with Crippen LogP contribution in [0.1, 0.15) is 0 Å². The summed E-state index contributed by atoms with van der Waals surface area (Å²) in [7, 11) is 0. The number of benzene rings is 8. The minimum Gasteiger partial charge on any atom is -0.0616 e. The summed E-state index contributed by atoms with van der Waals surface area (Å²) in [5.74, 6) is 0. The summed E-state index contributed by atoms with van der Waals surface area (Å²) in [5.41, 5.74) is 5.13. The predicted octanol–water partition coefficient (Wildman–Crippen LogP) is 11.5. The van der Waals surface area contributed by atoms with Crippen molar-refractivity contribution in [1.82, 2.24) is 0 Å². The Morgan fingerprint density at radius 1 is 0.308 bits per heavy atom. The van der Waals surface area contributed by atoms with E-state index in [1.807, 2.05) is 0 Å². The van der Waals surface area contributed by atoms with E-state index in [4.69, 9.17) is 0 Å². The molecule has 0 radical (unpaired) electrons. The van der Waals surface area contributed by atoms with E-state index < -0.39 is 0 Å². The summed E-state index contributed by atoms with van der Waals surface area (Å²) < 4.78 is 1.15. The van der Waals surface area contributed by atoms with Gasteiger partial charge in [0.25, 0.3) is 0 Å². The second kappa shape index (κ2) is 8.80. The summed E-state index contributed by atoms with van der Waals surface area (Å²) in [6.45, 7) is 0. The minimum absolute atomic E-state index is 1.15. The van der Waals surface area contributed by atoms with Crippen LogP contribution in [-0.2, 0) is 0 Å². The number of rotatable bonds is 2. The monoisotopic (exact) mass is 558 g/mol. The van der Waals surface area contributed by atoms with E-state index in [0.717, 1.165) is 4.47 Å². The van der Waals surface area contributed by atoms with E-state index in [1.54, 1.807) is 0 Å². The zero-order valence-electron chi connectivity index (χ0n) is 21.2. The first-order valence-electron chi connectivity index (χ1n) is 13.3. The second-order valence-corrected chi connectivity index (χ2v) is 11.0. The summed E-state index contributed by atoms with van der Waals surface area (Å²) in [6.07, 6.45) is 0. The maximum Gasteiger partial charge on any atom is 0.0332 e. The molecule has 0 aromatic heterocycles. The fraction of sp³-hybridized carbons (Fsp3) is 0. The van der Waals surface area contributed by atoms with Gasteiger partial charge in [-0.25, -0.2) is 0 Å². The molecule has 8 aromatic carbocycles. The molecule has 0 nitrogen and oxygen atoms in total. The molecule has 8 aromatic rings. The van der Waals surface area contributed by atoms with Crippen molar-refractivity contribution in [1.29, 1.82) is 0 Å². The summed E-state index contributed by atoms with van der Waals surface area (Å²) >= 11 is 3.95. The van der Waals surface area contributed by atoms with Crippen molar-refractivity contribution >= 4 is 69.8 Å². The van der Waals surface area contributed by atoms with Gasteiger partial charge < -0.3 is 0 Å². The smallest absolute Gasteiger partial charge is 0.0332 e. The molecule has 0 spiro atoms. The van der Waals surface area contributed by atoms with Crippen LogP contribution in [0.2, 0.25) is 0 Å². The molecule has 0 saturated heterocycles. The van der Waals surface area contributed by atoms with Crippen molar-refractivity contribution in [3.63, 3.8) is 0 Å². The Labute approximate surface area is 235 Å². The Morgan fingerprint density at radius 3 is 1.15 bits per heavy atom. The highest BCUT2D eigenvalue weighted by atomic mass is 79.9. The van der Waals surface area contributed by atoms with Crippen LogP contribution in [0.5, 0.6) is 0 Å². The van der Waals surface area contributed by atoms with Gasteiger partial charge >= 0.3 is 0 Å². The van der Waals surface area contributed by atoms with Gasteiger partial charge in [0.1, 0.15) is 0 Å². The van der Waals surface area contributed by atoms with Crippen LogP contribution in [0.4, 0.5) is 0 Å². The molecule has 0 saturated carbocycles.